The van der Waals surface area contributed by atoms with E-state index < -0.39 is 4.92 Å². The first-order chi connectivity index (χ1) is 12.4. The maximum Gasteiger partial charge on any atom is 0.389 e. The second kappa shape index (κ2) is 7.36. The van der Waals surface area contributed by atoms with Crippen molar-refractivity contribution < 1.29 is 9.72 Å². The third-order valence-electron chi connectivity index (χ3n) is 3.65. The Morgan fingerprint density at radius 2 is 2.08 bits per heavy atom. The number of nitro groups is 1. The summed E-state index contributed by atoms with van der Waals surface area (Å²) in [7, 11) is 0. The average Bonchev–Trinajstić information content (AvgIpc) is 3.17. The van der Waals surface area contributed by atoms with E-state index in [0.29, 0.717) is 17.4 Å². The molecule has 1 amide bonds. The van der Waals surface area contributed by atoms with Crippen LogP contribution in [0.4, 0.5) is 11.6 Å². The Balaban J connectivity index is 1.65. The minimum Gasteiger partial charge on any atom is -0.358 e. The maximum absolute atomic E-state index is 12.1. The average molecular weight is 375 g/mol. The summed E-state index contributed by atoms with van der Waals surface area (Å²) in [6.07, 6.45) is 1.37. The highest BCUT2D eigenvalue weighted by Crippen LogP contribution is 2.18. The van der Waals surface area contributed by atoms with Gasteiger partial charge in [-0.15, -0.1) is 0 Å². The van der Waals surface area contributed by atoms with Gasteiger partial charge in [0.1, 0.15) is 6.54 Å². The molecule has 134 valence electrons. The quantitative estimate of drug-likeness (QED) is 0.527. The molecule has 3 rings (SSSR count). The summed E-state index contributed by atoms with van der Waals surface area (Å²) in [4.78, 5) is 22.1. The molecular formula is C16H15ClN6O3. The van der Waals surface area contributed by atoms with Crippen molar-refractivity contribution in [3.63, 3.8) is 0 Å². The number of rotatable bonds is 6. The number of amides is 1. The molecule has 26 heavy (non-hydrogen) atoms. The molecule has 0 saturated heterocycles. The molecule has 0 atom stereocenters. The molecule has 1 N–H and O–H groups in total. The molecule has 0 aliphatic carbocycles. The third-order valence-corrected chi connectivity index (χ3v) is 4.01. The van der Waals surface area contributed by atoms with E-state index in [-0.39, 0.29) is 18.3 Å². The van der Waals surface area contributed by atoms with Gasteiger partial charge >= 0.3 is 5.82 Å². The predicted molar refractivity (Wildman–Crippen MR) is 95.0 cm³/mol. The molecule has 0 spiro atoms. The number of carbonyl (C=O) groups is 1. The number of hydrogen-bond donors (Lipinski definition) is 1. The summed E-state index contributed by atoms with van der Waals surface area (Å²) in [6.45, 7) is 2.20. The molecule has 3 aromatic rings. The second-order valence-corrected chi connectivity index (χ2v) is 6.00. The van der Waals surface area contributed by atoms with Crippen LogP contribution in [0.3, 0.4) is 0 Å². The van der Waals surface area contributed by atoms with E-state index in [4.69, 9.17) is 11.6 Å². The lowest BCUT2D eigenvalue weighted by atomic mass is 10.2. The van der Waals surface area contributed by atoms with Crippen molar-refractivity contribution in [2.24, 2.45) is 0 Å². The van der Waals surface area contributed by atoms with Gasteiger partial charge in [0.25, 0.3) is 0 Å². The molecule has 0 fully saturated rings. The third kappa shape index (κ3) is 4.06. The molecule has 2 aromatic heterocycles. The van der Waals surface area contributed by atoms with Gasteiger partial charge in [-0.25, -0.2) is 0 Å². The number of halogens is 1. The SMILES string of the molecule is Cc1cc(NC(=O)Cn2ccc([N+](=O)[O-])n2)nn1Cc1ccccc1Cl. The zero-order chi connectivity index (χ0) is 18.7. The van der Waals surface area contributed by atoms with E-state index in [0.717, 1.165) is 11.3 Å². The van der Waals surface area contributed by atoms with Gasteiger partial charge in [0.15, 0.2) is 5.82 Å². The Morgan fingerprint density at radius 1 is 1.31 bits per heavy atom. The highest BCUT2D eigenvalue weighted by Gasteiger charge is 2.15. The lowest BCUT2D eigenvalue weighted by Gasteiger charge is -2.06. The maximum atomic E-state index is 12.1. The molecule has 0 unspecified atom stereocenters. The number of carbonyl (C=O) groups excluding carboxylic acids is 1. The zero-order valence-electron chi connectivity index (χ0n) is 13.8. The van der Waals surface area contributed by atoms with Crippen LogP contribution in [0.2, 0.25) is 5.02 Å². The van der Waals surface area contributed by atoms with Crippen molar-refractivity contribution in [1.29, 1.82) is 0 Å². The first kappa shape index (κ1) is 17.6. The number of hydrogen-bond acceptors (Lipinski definition) is 5. The smallest absolute Gasteiger partial charge is 0.358 e. The highest BCUT2D eigenvalue weighted by molar-refractivity contribution is 6.31. The molecule has 0 saturated carbocycles. The van der Waals surface area contributed by atoms with Crippen molar-refractivity contribution in [3.8, 4) is 0 Å². The second-order valence-electron chi connectivity index (χ2n) is 5.60. The lowest BCUT2D eigenvalue weighted by molar-refractivity contribution is -0.389. The van der Waals surface area contributed by atoms with Crippen molar-refractivity contribution in [2.75, 3.05) is 5.32 Å². The largest absolute Gasteiger partial charge is 0.389 e. The summed E-state index contributed by atoms with van der Waals surface area (Å²) in [5.74, 6) is -0.302. The summed E-state index contributed by atoms with van der Waals surface area (Å²) >= 11 is 6.16. The van der Waals surface area contributed by atoms with Crippen LogP contribution in [-0.4, -0.2) is 30.4 Å². The van der Waals surface area contributed by atoms with E-state index in [1.54, 1.807) is 10.7 Å². The number of nitrogens with one attached hydrogen (secondary N) is 1. The first-order valence-corrected chi connectivity index (χ1v) is 8.06. The van der Waals surface area contributed by atoms with Crippen LogP contribution in [-0.2, 0) is 17.9 Å². The normalized spacial score (nSPS) is 10.7. The predicted octanol–water partition coefficient (Wildman–Crippen LogP) is 2.64. The number of nitrogens with zero attached hydrogens (tertiary/aromatic N) is 5. The van der Waals surface area contributed by atoms with Gasteiger partial charge in [0, 0.05) is 16.8 Å². The molecule has 0 aliphatic rings. The number of benzene rings is 1. The number of aromatic nitrogens is 4. The molecule has 0 bridgehead atoms. The molecular weight excluding hydrogens is 360 g/mol. The van der Waals surface area contributed by atoms with Crippen LogP contribution in [0.15, 0.2) is 42.6 Å². The monoisotopic (exact) mass is 374 g/mol. The van der Waals surface area contributed by atoms with Gasteiger partial charge in [0.2, 0.25) is 5.91 Å². The van der Waals surface area contributed by atoms with Crippen LogP contribution >= 0.6 is 11.6 Å². The Morgan fingerprint density at radius 3 is 2.77 bits per heavy atom. The van der Waals surface area contributed by atoms with Gasteiger partial charge in [-0.05, 0) is 23.5 Å². The van der Waals surface area contributed by atoms with Crippen LogP contribution in [0.25, 0.3) is 0 Å². The fourth-order valence-corrected chi connectivity index (χ4v) is 2.58. The molecule has 9 nitrogen and oxygen atoms in total. The molecule has 1 aromatic carbocycles. The van der Waals surface area contributed by atoms with Crippen LogP contribution in [0.1, 0.15) is 11.3 Å². The van der Waals surface area contributed by atoms with Gasteiger partial charge in [-0.3, -0.25) is 9.48 Å². The van der Waals surface area contributed by atoms with E-state index in [1.807, 2.05) is 31.2 Å². The van der Waals surface area contributed by atoms with Crippen molar-refractivity contribution in [2.45, 2.75) is 20.0 Å². The highest BCUT2D eigenvalue weighted by atomic mass is 35.5. The van der Waals surface area contributed by atoms with Gasteiger partial charge < -0.3 is 15.4 Å². The van der Waals surface area contributed by atoms with Crippen LogP contribution in [0, 0.1) is 17.0 Å². The van der Waals surface area contributed by atoms with Crippen LogP contribution in [0.5, 0.6) is 0 Å². The van der Waals surface area contributed by atoms with E-state index in [2.05, 4.69) is 15.5 Å². The summed E-state index contributed by atoms with van der Waals surface area (Å²) in [5.41, 5.74) is 1.78. The van der Waals surface area contributed by atoms with Crippen LogP contribution < -0.4 is 5.32 Å². The van der Waals surface area contributed by atoms with Crippen molar-refractivity contribution in [3.05, 3.63) is 69.0 Å². The molecule has 0 radical (unpaired) electrons. The zero-order valence-corrected chi connectivity index (χ0v) is 14.6. The van der Waals surface area contributed by atoms with Crippen molar-refractivity contribution in [1.82, 2.24) is 19.6 Å². The summed E-state index contributed by atoms with van der Waals surface area (Å²) in [5, 5.41) is 22.0. The summed E-state index contributed by atoms with van der Waals surface area (Å²) in [6, 6.07) is 10.4. The summed E-state index contributed by atoms with van der Waals surface area (Å²) < 4.78 is 2.93. The molecule has 2 heterocycles. The lowest BCUT2D eigenvalue weighted by Crippen LogP contribution is -2.19. The fourth-order valence-electron chi connectivity index (χ4n) is 2.39. The number of anilines is 1. The Bertz CT molecular complexity index is 965. The van der Waals surface area contributed by atoms with E-state index in [9.17, 15) is 14.9 Å². The molecule has 0 aliphatic heterocycles. The molecule has 10 heteroatoms. The minimum atomic E-state index is -0.617. The van der Waals surface area contributed by atoms with Gasteiger partial charge in [0.05, 0.1) is 23.9 Å². The first-order valence-electron chi connectivity index (χ1n) is 7.68. The topological polar surface area (TPSA) is 108 Å². The standard InChI is InChI=1S/C16H15ClN6O3/c1-11-8-14(19-22(11)9-12-4-2-3-5-13(12)17)18-16(24)10-21-7-6-15(20-21)23(25)26/h2-8H,9-10H2,1H3,(H,18,19,24). The fraction of sp³-hybridized carbons (Fsp3) is 0.188. The Labute approximate surface area is 153 Å². The van der Waals surface area contributed by atoms with Gasteiger partial charge in [-0.1, -0.05) is 29.8 Å². The number of aryl methyl sites for hydroxylation is 1. The van der Waals surface area contributed by atoms with Gasteiger partial charge in [-0.2, -0.15) is 9.78 Å². The Hall–Kier alpha value is -3.20. The van der Waals surface area contributed by atoms with E-state index in [1.165, 1.54) is 16.9 Å². The minimum absolute atomic E-state index is 0.149. The Kier molecular flexibility index (Phi) is 4.99. The van der Waals surface area contributed by atoms with E-state index >= 15 is 0 Å². The van der Waals surface area contributed by atoms with Crippen molar-refractivity contribution >= 4 is 29.1 Å².